The number of hydrogen-bond donors (Lipinski definition) is 1. The summed E-state index contributed by atoms with van der Waals surface area (Å²) in [4.78, 5) is 32.1. The van der Waals surface area contributed by atoms with E-state index in [0.29, 0.717) is 40.6 Å². The summed E-state index contributed by atoms with van der Waals surface area (Å²) in [6.07, 6.45) is 2.24. The molecule has 0 bridgehead atoms. The summed E-state index contributed by atoms with van der Waals surface area (Å²) in [5.74, 6) is 0.936. The summed E-state index contributed by atoms with van der Waals surface area (Å²) in [6, 6.07) is 15.0. The first-order chi connectivity index (χ1) is 15.6. The van der Waals surface area contributed by atoms with E-state index < -0.39 is 0 Å². The number of nitrogens with one attached hydrogen (secondary N) is 1. The largest absolute Gasteiger partial charge is 0.490 e. The minimum Gasteiger partial charge on any atom is -0.490 e. The van der Waals surface area contributed by atoms with Gasteiger partial charge >= 0.3 is 0 Å². The summed E-state index contributed by atoms with van der Waals surface area (Å²) >= 11 is 1.48. The molecule has 1 amide bonds. The highest BCUT2D eigenvalue weighted by molar-refractivity contribution is 7.19. The van der Waals surface area contributed by atoms with Gasteiger partial charge in [0.15, 0.2) is 11.5 Å². The van der Waals surface area contributed by atoms with Gasteiger partial charge in [-0.05, 0) is 24.6 Å². The third-order valence-electron chi connectivity index (χ3n) is 5.26. The average Bonchev–Trinajstić information content (AvgIpc) is 2.97. The number of hydrogen-bond acceptors (Lipinski definition) is 6. The van der Waals surface area contributed by atoms with Crippen molar-refractivity contribution in [2.24, 2.45) is 0 Å². The predicted molar refractivity (Wildman–Crippen MR) is 125 cm³/mol. The van der Waals surface area contributed by atoms with Crippen LogP contribution >= 0.6 is 11.3 Å². The van der Waals surface area contributed by atoms with Crippen LogP contribution in [-0.4, -0.2) is 28.7 Å². The smallest absolute Gasteiger partial charge is 0.263 e. The van der Waals surface area contributed by atoms with Crippen molar-refractivity contribution < 1.29 is 14.3 Å². The van der Waals surface area contributed by atoms with Crippen LogP contribution in [0.5, 0.6) is 11.5 Å². The summed E-state index contributed by atoms with van der Waals surface area (Å²) < 4.78 is 12.6. The molecule has 0 radical (unpaired) electrons. The first kappa shape index (κ1) is 20.3. The second-order valence-electron chi connectivity index (χ2n) is 7.52. The van der Waals surface area contributed by atoms with Crippen LogP contribution in [0.25, 0.3) is 21.3 Å². The van der Waals surface area contributed by atoms with Gasteiger partial charge in [0.2, 0.25) is 5.91 Å². The number of benzene rings is 2. The van der Waals surface area contributed by atoms with Crippen molar-refractivity contribution in [3.05, 3.63) is 70.1 Å². The second-order valence-corrected chi connectivity index (χ2v) is 8.72. The van der Waals surface area contributed by atoms with Gasteiger partial charge in [0.1, 0.15) is 11.4 Å². The summed E-state index contributed by atoms with van der Waals surface area (Å²) in [7, 11) is 0. The van der Waals surface area contributed by atoms with E-state index in [1.807, 2.05) is 37.3 Å². The van der Waals surface area contributed by atoms with Gasteiger partial charge in [-0.25, -0.2) is 4.98 Å². The molecule has 1 N–H and O–H groups in total. The highest BCUT2D eigenvalue weighted by Crippen LogP contribution is 2.35. The zero-order valence-corrected chi connectivity index (χ0v) is 18.3. The van der Waals surface area contributed by atoms with Gasteiger partial charge in [-0.2, -0.15) is 0 Å². The number of thiophene rings is 1. The average molecular weight is 448 g/mol. The van der Waals surface area contributed by atoms with Crippen molar-refractivity contribution >= 4 is 33.1 Å². The zero-order valence-electron chi connectivity index (χ0n) is 17.5. The van der Waals surface area contributed by atoms with E-state index in [9.17, 15) is 9.59 Å². The third kappa shape index (κ3) is 3.85. The van der Waals surface area contributed by atoms with Gasteiger partial charge in [0, 0.05) is 28.6 Å². The number of anilines is 1. The number of aryl methyl sites for hydroxylation is 1. The molecule has 2 aromatic heterocycles. The van der Waals surface area contributed by atoms with Crippen molar-refractivity contribution in [3.63, 3.8) is 0 Å². The Balaban J connectivity index is 1.42. The molecule has 2 aromatic carbocycles. The van der Waals surface area contributed by atoms with Gasteiger partial charge in [-0.15, -0.1) is 11.3 Å². The number of carbonyl (C=O) groups excluding carboxylic acids is 1. The van der Waals surface area contributed by atoms with Crippen LogP contribution in [0, 0.1) is 6.92 Å². The Labute approximate surface area is 188 Å². The fourth-order valence-electron chi connectivity index (χ4n) is 3.80. The van der Waals surface area contributed by atoms with Crippen LogP contribution in [0.4, 0.5) is 5.69 Å². The molecule has 0 saturated heterocycles. The van der Waals surface area contributed by atoms with E-state index in [1.54, 1.807) is 18.2 Å². The fraction of sp³-hybridized carbons (Fsp3) is 0.208. The molecule has 3 heterocycles. The molecular weight excluding hydrogens is 426 g/mol. The topological polar surface area (TPSA) is 82.5 Å². The maximum absolute atomic E-state index is 13.3. The molecule has 162 valence electrons. The van der Waals surface area contributed by atoms with Crippen molar-refractivity contribution in [3.8, 4) is 22.6 Å². The van der Waals surface area contributed by atoms with Crippen LogP contribution in [0.1, 0.15) is 11.3 Å². The number of nitrogens with zero attached hydrogens (tertiary/aromatic N) is 2. The second kappa shape index (κ2) is 8.47. The Morgan fingerprint density at radius 3 is 2.72 bits per heavy atom. The molecule has 0 atom stereocenters. The van der Waals surface area contributed by atoms with Crippen molar-refractivity contribution in [1.29, 1.82) is 0 Å². The molecule has 0 unspecified atom stereocenters. The minimum atomic E-state index is -0.323. The Hall–Kier alpha value is -3.65. The number of amides is 1. The molecule has 0 fully saturated rings. The van der Waals surface area contributed by atoms with Gasteiger partial charge in [0.25, 0.3) is 5.56 Å². The van der Waals surface area contributed by atoms with Crippen LogP contribution in [0.15, 0.2) is 59.7 Å². The highest BCUT2D eigenvalue weighted by Gasteiger charge is 2.18. The summed E-state index contributed by atoms with van der Waals surface area (Å²) in [6.45, 7) is 3.01. The minimum absolute atomic E-state index is 0.140. The van der Waals surface area contributed by atoms with E-state index in [2.05, 4.69) is 10.3 Å². The SMILES string of the molecule is Cc1sc2ncn(CC(=O)Nc3ccc4c(c3)OCCCO4)c(=O)c2c1-c1ccccc1. The Kier molecular flexibility index (Phi) is 5.36. The molecule has 0 saturated carbocycles. The van der Waals surface area contributed by atoms with Gasteiger partial charge in [-0.3, -0.25) is 14.2 Å². The van der Waals surface area contributed by atoms with Crippen LogP contribution in [0.2, 0.25) is 0 Å². The molecule has 0 aliphatic carbocycles. The zero-order chi connectivity index (χ0) is 22.1. The number of ether oxygens (including phenoxy) is 2. The maximum Gasteiger partial charge on any atom is 0.263 e. The summed E-state index contributed by atoms with van der Waals surface area (Å²) in [5.41, 5.74) is 2.19. The van der Waals surface area contributed by atoms with E-state index in [0.717, 1.165) is 22.4 Å². The lowest BCUT2D eigenvalue weighted by atomic mass is 10.0. The van der Waals surface area contributed by atoms with Crippen LogP contribution in [-0.2, 0) is 11.3 Å². The molecule has 0 spiro atoms. The van der Waals surface area contributed by atoms with E-state index in [-0.39, 0.29) is 18.0 Å². The number of rotatable bonds is 4. The van der Waals surface area contributed by atoms with Crippen molar-refractivity contribution in [2.75, 3.05) is 18.5 Å². The number of fused-ring (bicyclic) bond motifs is 2. The van der Waals surface area contributed by atoms with E-state index in [1.165, 1.54) is 22.2 Å². The lowest BCUT2D eigenvalue weighted by Gasteiger charge is -2.11. The van der Waals surface area contributed by atoms with Gasteiger partial charge in [0.05, 0.1) is 24.9 Å². The van der Waals surface area contributed by atoms with Crippen LogP contribution < -0.4 is 20.3 Å². The molecule has 8 heteroatoms. The molecule has 5 rings (SSSR count). The van der Waals surface area contributed by atoms with Crippen molar-refractivity contribution in [2.45, 2.75) is 19.9 Å². The number of carbonyl (C=O) groups is 1. The lowest BCUT2D eigenvalue weighted by Crippen LogP contribution is -2.27. The molecule has 32 heavy (non-hydrogen) atoms. The summed E-state index contributed by atoms with van der Waals surface area (Å²) in [5, 5.41) is 3.37. The normalized spacial score (nSPS) is 13.0. The third-order valence-corrected chi connectivity index (χ3v) is 6.28. The van der Waals surface area contributed by atoms with Gasteiger partial charge in [-0.1, -0.05) is 30.3 Å². The lowest BCUT2D eigenvalue weighted by molar-refractivity contribution is -0.116. The highest BCUT2D eigenvalue weighted by atomic mass is 32.1. The fourth-order valence-corrected chi connectivity index (χ4v) is 4.80. The van der Waals surface area contributed by atoms with Gasteiger partial charge < -0.3 is 14.8 Å². The Morgan fingerprint density at radius 2 is 1.91 bits per heavy atom. The first-order valence-electron chi connectivity index (χ1n) is 10.3. The molecule has 1 aliphatic rings. The Morgan fingerprint density at radius 1 is 1.12 bits per heavy atom. The number of aromatic nitrogens is 2. The van der Waals surface area contributed by atoms with E-state index >= 15 is 0 Å². The molecule has 4 aromatic rings. The first-order valence-corrected chi connectivity index (χ1v) is 11.2. The van der Waals surface area contributed by atoms with Crippen LogP contribution in [0.3, 0.4) is 0 Å². The quantitative estimate of drug-likeness (QED) is 0.506. The standard InChI is InChI=1S/C24H21N3O4S/c1-15-21(16-6-3-2-4-7-16)22-23(32-15)25-14-27(24(22)29)13-20(28)26-17-8-9-18-19(12-17)31-11-5-10-30-18/h2-4,6-9,12,14H,5,10-11,13H2,1H3,(H,26,28). The van der Waals surface area contributed by atoms with Crippen molar-refractivity contribution in [1.82, 2.24) is 9.55 Å². The maximum atomic E-state index is 13.3. The molecular formula is C24H21N3O4S. The molecule has 7 nitrogen and oxygen atoms in total. The predicted octanol–water partition coefficient (Wildman–Crippen LogP) is 4.23. The monoisotopic (exact) mass is 447 g/mol. The Bertz CT molecular complexity index is 1360. The van der Waals surface area contributed by atoms with E-state index in [4.69, 9.17) is 9.47 Å². The molecule has 1 aliphatic heterocycles.